The van der Waals surface area contributed by atoms with Crippen molar-refractivity contribution in [3.63, 3.8) is 0 Å². The Labute approximate surface area is 194 Å². The molecule has 0 fully saturated rings. The van der Waals surface area contributed by atoms with Crippen molar-refractivity contribution in [2.24, 2.45) is 4.36 Å². The first-order valence-electron chi connectivity index (χ1n) is 8.49. The van der Waals surface area contributed by atoms with E-state index in [1.807, 2.05) is 12.5 Å². The standard InChI is InChI=1S/C19H16BrCl2N5O2S/c1-10-7-11(21)8-12(18(28)26-30(2)3)16(10)24-19(29)14-9-15(20)25-27(14)17-13(22)5-4-6-23-17/h4-9H,1-3H3,(H,24,29). The van der Waals surface area contributed by atoms with Crippen molar-refractivity contribution >= 4 is 67.3 Å². The van der Waals surface area contributed by atoms with Gasteiger partial charge in [-0.05, 0) is 65.2 Å². The van der Waals surface area contributed by atoms with Gasteiger partial charge in [0.05, 0.1) is 16.3 Å². The fraction of sp³-hybridized carbons (Fsp3) is 0.158. The maximum absolute atomic E-state index is 13.1. The number of hydrogen-bond donors (Lipinski definition) is 1. The molecule has 0 radical (unpaired) electrons. The summed E-state index contributed by atoms with van der Waals surface area (Å²) in [7, 11) is -0.468. The average Bonchev–Trinajstić information content (AvgIpc) is 3.05. The number of halogens is 3. The van der Waals surface area contributed by atoms with Gasteiger partial charge in [0.25, 0.3) is 11.8 Å². The number of nitrogens with one attached hydrogen (secondary N) is 1. The van der Waals surface area contributed by atoms with E-state index in [1.165, 1.54) is 16.8 Å². The maximum atomic E-state index is 13.1. The third kappa shape index (κ3) is 4.97. The predicted octanol–water partition coefficient (Wildman–Crippen LogP) is 5.10. The van der Waals surface area contributed by atoms with Crippen LogP contribution in [0, 0.1) is 6.92 Å². The number of pyridine rings is 1. The largest absolute Gasteiger partial charge is 0.320 e. The first kappa shape index (κ1) is 22.6. The Morgan fingerprint density at radius 1 is 1.23 bits per heavy atom. The molecule has 30 heavy (non-hydrogen) atoms. The highest BCUT2D eigenvalue weighted by atomic mass is 79.9. The Morgan fingerprint density at radius 3 is 2.63 bits per heavy atom. The number of aryl methyl sites for hydroxylation is 1. The van der Waals surface area contributed by atoms with Crippen molar-refractivity contribution in [3.8, 4) is 5.82 Å². The van der Waals surface area contributed by atoms with Gasteiger partial charge >= 0.3 is 0 Å². The van der Waals surface area contributed by atoms with Crippen LogP contribution in [0.25, 0.3) is 5.82 Å². The van der Waals surface area contributed by atoms with E-state index in [-0.39, 0.29) is 11.3 Å². The summed E-state index contributed by atoms with van der Waals surface area (Å²) in [6.45, 7) is 1.75. The van der Waals surface area contributed by atoms with E-state index in [2.05, 4.69) is 35.7 Å². The van der Waals surface area contributed by atoms with Crippen molar-refractivity contribution < 1.29 is 9.59 Å². The minimum absolute atomic E-state index is 0.179. The minimum atomic E-state index is -0.499. The van der Waals surface area contributed by atoms with E-state index in [9.17, 15) is 9.59 Å². The minimum Gasteiger partial charge on any atom is -0.320 e. The molecule has 0 saturated carbocycles. The molecule has 1 N–H and O–H groups in total. The van der Waals surface area contributed by atoms with Gasteiger partial charge in [0.15, 0.2) is 5.82 Å². The summed E-state index contributed by atoms with van der Waals surface area (Å²) in [6, 6.07) is 8.01. The van der Waals surface area contributed by atoms with Crippen LogP contribution in [0.3, 0.4) is 0 Å². The van der Waals surface area contributed by atoms with Crippen LogP contribution in [0.4, 0.5) is 5.69 Å². The molecule has 2 aromatic heterocycles. The zero-order valence-electron chi connectivity index (χ0n) is 16.1. The number of rotatable bonds is 4. The molecule has 1 aromatic carbocycles. The zero-order valence-corrected chi connectivity index (χ0v) is 20.0. The van der Waals surface area contributed by atoms with Crippen LogP contribution in [0.1, 0.15) is 26.4 Å². The summed E-state index contributed by atoms with van der Waals surface area (Å²) in [6.07, 6.45) is 5.19. The third-order valence-corrected chi connectivity index (χ3v) is 5.32. The molecule has 7 nitrogen and oxygen atoms in total. The lowest BCUT2D eigenvalue weighted by atomic mass is 10.1. The van der Waals surface area contributed by atoms with Crippen molar-refractivity contribution in [3.05, 3.63) is 68.0 Å². The molecule has 0 unspecified atom stereocenters. The van der Waals surface area contributed by atoms with E-state index in [0.717, 1.165) is 0 Å². The number of hydrogen-bond acceptors (Lipinski definition) is 4. The maximum Gasteiger partial charge on any atom is 0.285 e. The molecular formula is C19H16BrCl2N5O2S. The Morgan fingerprint density at radius 2 is 1.97 bits per heavy atom. The van der Waals surface area contributed by atoms with Crippen molar-refractivity contribution in [2.45, 2.75) is 6.92 Å². The fourth-order valence-corrected chi connectivity index (χ4v) is 3.96. The van der Waals surface area contributed by atoms with Crippen molar-refractivity contribution in [2.75, 3.05) is 17.8 Å². The van der Waals surface area contributed by atoms with Gasteiger partial charge in [0.1, 0.15) is 10.3 Å². The molecule has 11 heteroatoms. The SMILES string of the molecule is Cc1cc(Cl)cc(C(=O)N=S(C)C)c1NC(=O)c1cc(Br)nn1-c1ncccc1Cl. The Bertz CT molecular complexity index is 1190. The van der Waals surface area contributed by atoms with Gasteiger partial charge in [-0.1, -0.05) is 33.9 Å². The highest BCUT2D eigenvalue weighted by molar-refractivity contribution is 9.10. The average molecular weight is 529 g/mol. The fourth-order valence-electron chi connectivity index (χ4n) is 2.68. The molecule has 0 aliphatic heterocycles. The number of carbonyl (C=O) groups is 2. The summed E-state index contributed by atoms with van der Waals surface area (Å²) in [5.74, 6) is -0.650. The van der Waals surface area contributed by atoms with Crippen LogP contribution in [0.2, 0.25) is 10.0 Å². The molecular weight excluding hydrogens is 513 g/mol. The lowest BCUT2D eigenvalue weighted by molar-refractivity contribution is 0.101. The van der Waals surface area contributed by atoms with Crippen LogP contribution >= 0.6 is 39.1 Å². The highest BCUT2D eigenvalue weighted by Gasteiger charge is 2.22. The summed E-state index contributed by atoms with van der Waals surface area (Å²) in [4.78, 5) is 29.9. The first-order chi connectivity index (χ1) is 14.2. The number of aromatic nitrogens is 3. The Hall–Kier alpha value is -2.07. The Balaban J connectivity index is 2.06. The summed E-state index contributed by atoms with van der Waals surface area (Å²) in [5, 5.41) is 7.76. The van der Waals surface area contributed by atoms with Crippen LogP contribution in [-0.2, 0) is 10.7 Å². The number of carbonyl (C=O) groups excluding carboxylic acids is 2. The van der Waals surface area contributed by atoms with Crippen LogP contribution < -0.4 is 5.32 Å². The van der Waals surface area contributed by atoms with Crippen molar-refractivity contribution in [1.82, 2.24) is 14.8 Å². The lowest BCUT2D eigenvalue weighted by Crippen LogP contribution is -2.20. The monoisotopic (exact) mass is 527 g/mol. The molecule has 3 aromatic rings. The molecule has 0 atom stereocenters. The molecule has 0 saturated heterocycles. The summed E-state index contributed by atoms with van der Waals surface area (Å²) in [5.41, 5.74) is 1.36. The first-order valence-corrected chi connectivity index (χ1v) is 12.0. The summed E-state index contributed by atoms with van der Waals surface area (Å²) < 4.78 is 5.83. The quantitative estimate of drug-likeness (QED) is 0.510. The van der Waals surface area contributed by atoms with Gasteiger partial charge in [0, 0.05) is 17.3 Å². The third-order valence-electron chi connectivity index (χ3n) is 3.89. The topological polar surface area (TPSA) is 89.2 Å². The Kier molecular flexibility index (Phi) is 7.07. The molecule has 0 bridgehead atoms. The molecule has 0 aliphatic rings. The second-order valence-electron chi connectivity index (χ2n) is 6.34. The van der Waals surface area contributed by atoms with E-state index in [4.69, 9.17) is 23.2 Å². The molecule has 2 amide bonds. The van der Waals surface area contributed by atoms with Crippen molar-refractivity contribution in [1.29, 1.82) is 0 Å². The predicted molar refractivity (Wildman–Crippen MR) is 124 cm³/mol. The van der Waals surface area contributed by atoms with Crippen LogP contribution in [0.15, 0.2) is 45.5 Å². The van der Waals surface area contributed by atoms with Crippen LogP contribution in [0.5, 0.6) is 0 Å². The molecule has 0 aliphatic carbocycles. The molecule has 2 heterocycles. The van der Waals surface area contributed by atoms with Crippen LogP contribution in [-0.4, -0.2) is 39.1 Å². The summed E-state index contributed by atoms with van der Waals surface area (Å²) >= 11 is 15.6. The van der Waals surface area contributed by atoms with Gasteiger partial charge in [-0.2, -0.15) is 9.46 Å². The number of nitrogens with zero attached hydrogens (tertiary/aromatic N) is 4. The van der Waals surface area contributed by atoms with E-state index in [1.54, 1.807) is 31.3 Å². The number of amides is 2. The second-order valence-corrected chi connectivity index (χ2v) is 9.73. The second kappa shape index (κ2) is 9.38. The zero-order chi connectivity index (χ0) is 22.0. The van der Waals surface area contributed by atoms with Gasteiger partial charge in [-0.3, -0.25) is 9.59 Å². The van der Waals surface area contributed by atoms with E-state index >= 15 is 0 Å². The molecule has 0 spiro atoms. The van der Waals surface area contributed by atoms with Gasteiger partial charge in [-0.25, -0.2) is 9.67 Å². The van der Waals surface area contributed by atoms with Gasteiger partial charge in [0.2, 0.25) is 0 Å². The number of benzene rings is 1. The van der Waals surface area contributed by atoms with Gasteiger partial charge < -0.3 is 5.32 Å². The number of anilines is 1. The normalized spacial score (nSPS) is 10.9. The van der Waals surface area contributed by atoms with Gasteiger partial charge in [-0.15, -0.1) is 0 Å². The molecule has 156 valence electrons. The lowest BCUT2D eigenvalue weighted by Gasteiger charge is -2.14. The van der Waals surface area contributed by atoms with E-state index in [0.29, 0.717) is 31.7 Å². The molecule has 3 rings (SSSR count). The smallest absolute Gasteiger partial charge is 0.285 e. The van der Waals surface area contributed by atoms with E-state index < -0.39 is 22.5 Å². The highest BCUT2D eigenvalue weighted by Crippen LogP contribution is 2.28.